The van der Waals surface area contributed by atoms with Gasteiger partial charge in [0.05, 0.1) is 13.2 Å². The minimum atomic E-state index is -0.803. The summed E-state index contributed by atoms with van der Waals surface area (Å²) in [4.78, 5) is 26.3. The summed E-state index contributed by atoms with van der Waals surface area (Å²) >= 11 is 4.05. The van der Waals surface area contributed by atoms with Gasteiger partial charge in [0.15, 0.2) is 0 Å². The molecule has 3 rings (SSSR count). The van der Waals surface area contributed by atoms with Crippen LogP contribution in [0.2, 0.25) is 0 Å². The molecule has 0 unspecified atom stereocenters. The lowest BCUT2D eigenvalue weighted by Crippen LogP contribution is -2.38. The van der Waals surface area contributed by atoms with Crippen LogP contribution in [-0.2, 0) is 11.3 Å². The second-order valence-corrected chi connectivity index (χ2v) is 8.46. The van der Waals surface area contributed by atoms with E-state index in [-0.39, 0.29) is 23.1 Å². The molecule has 0 saturated carbocycles. The maximum absolute atomic E-state index is 14.0. The number of hydrogen-bond acceptors (Lipinski definition) is 7. The van der Waals surface area contributed by atoms with E-state index >= 15 is 0 Å². The summed E-state index contributed by atoms with van der Waals surface area (Å²) in [5, 5.41) is 5.49. The van der Waals surface area contributed by atoms with Crippen molar-refractivity contribution in [2.45, 2.75) is 13.0 Å². The molecule has 2 heterocycles. The van der Waals surface area contributed by atoms with Gasteiger partial charge in [-0.2, -0.15) is 4.37 Å². The molecule has 1 saturated heterocycles. The molecule has 1 aromatic carbocycles. The molecule has 2 aromatic rings. The van der Waals surface area contributed by atoms with Crippen LogP contribution in [0, 0.1) is 5.82 Å². The summed E-state index contributed by atoms with van der Waals surface area (Å²) in [6.07, 6.45) is 0.784. The number of urea groups is 1. The fourth-order valence-corrected chi connectivity index (χ4v) is 4.01. The van der Waals surface area contributed by atoms with Gasteiger partial charge in [0.1, 0.15) is 23.0 Å². The third-order valence-electron chi connectivity index (χ3n) is 4.55. The standard InChI is InChI=1S/C19H23BrFN5O4S/c20-13-3-2-12(14(21)10-13)11-30-17-15(16(22)27)18(31-25-17)24-19(28)23-4-1-5-26-6-8-29-9-7-26/h2-3,10H,1,4-9,11H2,(H2,22,27)(H2,23,24,28). The molecule has 1 aliphatic heterocycles. The molecule has 31 heavy (non-hydrogen) atoms. The van der Waals surface area contributed by atoms with Gasteiger partial charge in [-0.1, -0.05) is 22.0 Å². The van der Waals surface area contributed by atoms with Crippen LogP contribution in [0.1, 0.15) is 22.3 Å². The first-order valence-corrected chi connectivity index (χ1v) is 11.2. The van der Waals surface area contributed by atoms with Crippen molar-refractivity contribution in [3.05, 3.63) is 39.6 Å². The fraction of sp³-hybridized carbons (Fsp3) is 0.421. The second kappa shape index (κ2) is 11.4. The summed E-state index contributed by atoms with van der Waals surface area (Å²) in [6.45, 7) is 4.43. The predicted molar refractivity (Wildman–Crippen MR) is 118 cm³/mol. The van der Waals surface area contributed by atoms with Crippen LogP contribution in [0.25, 0.3) is 0 Å². The highest BCUT2D eigenvalue weighted by Crippen LogP contribution is 2.31. The van der Waals surface area contributed by atoms with Crippen LogP contribution in [0.15, 0.2) is 22.7 Å². The first kappa shape index (κ1) is 23.4. The largest absolute Gasteiger partial charge is 0.471 e. The molecule has 3 amide bonds. The van der Waals surface area contributed by atoms with E-state index in [1.54, 1.807) is 12.1 Å². The van der Waals surface area contributed by atoms with E-state index in [0.29, 0.717) is 16.6 Å². The highest BCUT2D eigenvalue weighted by atomic mass is 79.9. The number of nitrogens with zero attached hydrogens (tertiary/aromatic N) is 2. The number of carbonyl (C=O) groups is 2. The van der Waals surface area contributed by atoms with Crippen LogP contribution < -0.4 is 21.1 Å². The van der Waals surface area contributed by atoms with Gasteiger partial charge in [-0.25, -0.2) is 9.18 Å². The van der Waals surface area contributed by atoms with Crippen molar-refractivity contribution in [2.75, 3.05) is 44.7 Å². The van der Waals surface area contributed by atoms with Crippen LogP contribution in [-0.4, -0.2) is 60.6 Å². The number of halogens is 2. The molecule has 168 valence electrons. The zero-order valence-electron chi connectivity index (χ0n) is 16.7. The van der Waals surface area contributed by atoms with Gasteiger partial charge in [-0.05, 0) is 36.6 Å². The van der Waals surface area contributed by atoms with Gasteiger partial charge < -0.3 is 20.5 Å². The Bertz CT molecular complexity index is 923. The maximum atomic E-state index is 14.0. The van der Waals surface area contributed by atoms with Crippen molar-refractivity contribution in [3.63, 3.8) is 0 Å². The normalized spacial score (nSPS) is 14.3. The molecule has 0 radical (unpaired) electrons. The zero-order chi connectivity index (χ0) is 22.2. The van der Waals surface area contributed by atoms with Crippen molar-refractivity contribution in [2.24, 2.45) is 5.73 Å². The van der Waals surface area contributed by atoms with E-state index in [0.717, 1.165) is 50.8 Å². The number of aromatic nitrogens is 1. The predicted octanol–water partition coefficient (Wildman–Crippen LogP) is 2.57. The Morgan fingerprint density at radius 2 is 2.13 bits per heavy atom. The molecule has 0 spiro atoms. The molecule has 1 aliphatic rings. The lowest BCUT2D eigenvalue weighted by Gasteiger charge is -2.26. The fourth-order valence-electron chi connectivity index (χ4n) is 2.94. The van der Waals surface area contributed by atoms with Crippen LogP contribution in [0.5, 0.6) is 5.88 Å². The first-order chi connectivity index (χ1) is 14.9. The Hall–Kier alpha value is -2.28. The number of amides is 3. The lowest BCUT2D eigenvalue weighted by molar-refractivity contribution is 0.0375. The first-order valence-electron chi connectivity index (χ1n) is 9.65. The van der Waals surface area contributed by atoms with Crippen molar-refractivity contribution in [1.82, 2.24) is 14.6 Å². The Balaban J connectivity index is 1.51. The number of nitrogens with two attached hydrogens (primary N) is 1. The SMILES string of the molecule is NC(=O)c1c(OCc2ccc(Br)cc2F)nsc1NC(=O)NCCCN1CCOCC1. The lowest BCUT2D eigenvalue weighted by atomic mass is 10.2. The van der Waals surface area contributed by atoms with Gasteiger partial charge >= 0.3 is 6.03 Å². The maximum Gasteiger partial charge on any atom is 0.319 e. The van der Waals surface area contributed by atoms with Gasteiger partial charge in [0.2, 0.25) is 5.88 Å². The van der Waals surface area contributed by atoms with Gasteiger partial charge in [-0.15, -0.1) is 0 Å². The Morgan fingerprint density at radius 1 is 1.35 bits per heavy atom. The van der Waals surface area contributed by atoms with Crippen LogP contribution >= 0.6 is 27.5 Å². The molecule has 0 atom stereocenters. The quantitative estimate of drug-likeness (QED) is 0.441. The van der Waals surface area contributed by atoms with Gasteiger partial charge in [-0.3, -0.25) is 15.0 Å². The third kappa shape index (κ3) is 6.86. The van der Waals surface area contributed by atoms with Crippen LogP contribution in [0.4, 0.5) is 14.2 Å². The van der Waals surface area contributed by atoms with Crippen molar-refractivity contribution < 1.29 is 23.5 Å². The number of morpholine rings is 1. The number of nitrogens with one attached hydrogen (secondary N) is 2. The summed E-state index contributed by atoms with van der Waals surface area (Å²) < 4.78 is 29.4. The Kier molecular flexibility index (Phi) is 8.58. The van der Waals surface area contributed by atoms with Crippen LogP contribution in [0.3, 0.4) is 0 Å². The number of primary amides is 1. The smallest absolute Gasteiger partial charge is 0.319 e. The molecule has 12 heteroatoms. The molecule has 9 nitrogen and oxygen atoms in total. The van der Waals surface area contributed by atoms with E-state index < -0.39 is 17.8 Å². The molecular formula is C19H23BrFN5O4S. The molecule has 0 bridgehead atoms. The highest BCUT2D eigenvalue weighted by Gasteiger charge is 2.22. The minimum Gasteiger partial charge on any atom is -0.471 e. The molecule has 4 N–H and O–H groups in total. The minimum absolute atomic E-state index is 0.0500. The highest BCUT2D eigenvalue weighted by molar-refractivity contribution is 9.10. The number of carbonyl (C=O) groups excluding carboxylic acids is 2. The monoisotopic (exact) mass is 515 g/mol. The van der Waals surface area contributed by atoms with Gasteiger partial charge in [0, 0.05) is 29.7 Å². The molecular weight excluding hydrogens is 493 g/mol. The van der Waals surface area contributed by atoms with E-state index in [4.69, 9.17) is 15.2 Å². The summed E-state index contributed by atoms with van der Waals surface area (Å²) in [5.74, 6) is -1.31. The number of hydrogen-bond donors (Lipinski definition) is 3. The number of rotatable bonds is 9. The topological polar surface area (TPSA) is 119 Å². The molecule has 1 aromatic heterocycles. The van der Waals surface area contributed by atoms with E-state index in [1.165, 1.54) is 6.07 Å². The van der Waals surface area contributed by atoms with Crippen molar-refractivity contribution >= 4 is 44.4 Å². The average molecular weight is 516 g/mol. The molecule has 1 fully saturated rings. The summed E-state index contributed by atoms with van der Waals surface area (Å²) in [7, 11) is 0. The Morgan fingerprint density at radius 3 is 2.84 bits per heavy atom. The summed E-state index contributed by atoms with van der Waals surface area (Å²) in [5.41, 5.74) is 5.68. The average Bonchev–Trinajstić information content (AvgIpc) is 3.14. The second-order valence-electron chi connectivity index (χ2n) is 6.77. The zero-order valence-corrected chi connectivity index (χ0v) is 19.1. The number of benzene rings is 1. The van der Waals surface area contributed by atoms with E-state index in [1.807, 2.05) is 0 Å². The van der Waals surface area contributed by atoms with Crippen molar-refractivity contribution in [1.29, 1.82) is 0 Å². The van der Waals surface area contributed by atoms with E-state index in [2.05, 4.69) is 35.8 Å². The Labute approximate surface area is 191 Å². The number of ether oxygens (including phenoxy) is 2. The van der Waals surface area contributed by atoms with Gasteiger partial charge in [0.25, 0.3) is 5.91 Å². The summed E-state index contributed by atoms with van der Waals surface area (Å²) in [6, 6.07) is 4.07. The number of anilines is 1. The molecule has 0 aliphatic carbocycles. The van der Waals surface area contributed by atoms with E-state index in [9.17, 15) is 14.0 Å². The third-order valence-corrected chi connectivity index (χ3v) is 5.79. The van der Waals surface area contributed by atoms with Crippen molar-refractivity contribution in [3.8, 4) is 5.88 Å².